The third kappa shape index (κ3) is 16.9. The van der Waals surface area contributed by atoms with E-state index in [0.717, 1.165) is 126 Å². The number of hydrogen-bond acceptors (Lipinski definition) is 10. The average Bonchev–Trinajstić information content (AvgIpc) is 1.23. The van der Waals surface area contributed by atoms with Gasteiger partial charge in [0, 0.05) is 65.0 Å². The van der Waals surface area contributed by atoms with Crippen LogP contribution in [-0.4, -0.2) is 58.2 Å². The maximum absolute atomic E-state index is 6.33. The third-order valence-electron chi connectivity index (χ3n) is 24.8. The normalized spacial score (nSPS) is 12.7. The highest BCUT2D eigenvalue weighted by atomic mass is 79.9. The van der Waals surface area contributed by atoms with Crippen LogP contribution in [0.25, 0.3) is 211 Å². The van der Waals surface area contributed by atoms with E-state index in [0.29, 0.717) is 34.9 Å². The SMILES string of the molecule is Brc1cccc(-c2ccc(-c3ccc(-c4nc(-c5ccccc5)nc(-c5ccc(-c6ccccc6)cc5)n4)cc3)cc2)c1.CC1(C)OB(c2nc3ccccc3c3cc4ccccc4cc23)OC1(C)C.c1ccc(-c2ccc(-c3nc(-c4ccccc4)nc(-c4ccc(-c5ccc(-c6cccc(-c7nc8ccccc8c8cc9ccccc9cc78)c6)cc5)cc4)n3)cc2)cc1. The van der Waals surface area contributed by atoms with Crippen LogP contribution in [0.3, 0.4) is 0 Å². The minimum Gasteiger partial charge on any atom is -0.398 e. The van der Waals surface area contributed by atoms with Crippen LogP contribution in [0, 0.1) is 0 Å². The summed E-state index contributed by atoms with van der Waals surface area (Å²) in [4.78, 5) is 39.8. The number of nitrogens with zero attached hydrogens (tertiary/aromatic N) is 8. The molecular formula is C118H84BBrN8O2. The molecule has 0 amide bonds. The zero-order chi connectivity index (χ0) is 87.7. The van der Waals surface area contributed by atoms with Crippen molar-refractivity contribution in [3.8, 4) is 146 Å². The Morgan fingerprint density at radius 1 is 0.192 bits per heavy atom. The van der Waals surface area contributed by atoms with Crippen LogP contribution in [0.15, 0.2) is 441 Å². The van der Waals surface area contributed by atoms with Gasteiger partial charge in [-0.3, -0.25) is 4.98 Å². The molecule has 0 saturated carbocycles. The van der Waals surface area contributed by atoms with Crippen LogP contribution in [-0.2, 0) is 9.31 Å². The van der Waals surface area contributed by atoms with Crippen molar-refractivity contribution in [1.29, 1.82) is 0 Å². The van der Waals surface area contributed by atoms with Gasteiger partial charge in [-0.15, -0.1) is 0 Å². The molecule has 618 valence electrons. The van der Waals surface area contributed by atoms with Crippen LogP contribution in [0.2, 0.25) is 0 Å². The van der Waals surface area contributed by atoms with Crippen LogP contribution in [0.1, 0.15) is 27.7 Å². The molecule has 12 heteroatoms. The lowest BCUT2D eigenvalue weighted by Gasteiger charge is -2.32. The number of para-hydroxylation sites is 2. The molecule has 5 heterocycles. The van der Waals surface area contributed by atoms with E-state index in [1.807, 2.05) is 84.9 Å². The lowest BCUT2D eigenvalue weighted by atomic mass is 9.79. The quantitative estimate of drug-likeness (QED) is 0.0591. The molecule has 0 radical (unpaired) electrons. The maximum atomic E-state index is 6.33. The van der Waals surface area contributed by atoms with Gasteiger partial charge in [-0.2, -0.15) is 0 Å². The second-order valence-corrected chi connectivity index (χ2v) is 34.6. The molecule has 23 rings (SSSR count). The Labute approximate surface area is 763 Å². The van der Waals surface area contributed by atoms with Gasteiger partial charge in [-0.05, 0) is 181 Å². The lowest BCUT2D eigenvalue weighted by Crippen LogP contribution is -2.41. The zero-order valence-corrected chi connectivity index (χ0v) is 73.5. The van der Waals surface area contributed by atoms with Gasteiger partial charge < -0.3 is 9.31 Å². The molecule has 0 unspecified atom stereocenters. The van der Waals surface area contributed by atoms with Crippen molar-refractivity contribution in [1.82, 2.24) is 39.9 Å². The van der Waals surface area contributed by atoms with Crippen molar-refractivity contribution in [2.45, 2.75) is 38.9 Å². The van der Waals surface area contributed by atoms with E-state index in [1.54, 1.807) is 0 Å². The predicted octanol–water partition coefficient (Wildman–Crippen LogP) is 29.9. The molecule has 4 aromatic heterocycles. The van der Waals surface area contributed by atoms with E-state index < -0.39 is 18.3 Å². The fraction of sp³-hybridized carbons (Fsp3) is 0.0508. The first-order valence-electron chi connectivity index (χ1n) is 43.8. The second kappa shape index (κ2) is 35.3. The van der Waals surface area contributed by atoms with Gasteiger partial charge in [-0.25, -0.2) is 34.9 Å². The van der Waals surface area contributed by atoms with Crippen molar-refractivity contribution in [3.05, 3.63) is 441 Å². The summed E-state index contributed by atoms with van der Waals surface area (Å²) in [5.74, 6) is 3.86. The predicted molar refractivity (Wildman–Crippen MR) is 541 cm³/mol. The lowest BCUT2D eigenvalue weighted by molar-refractivity contribution is 0.00578. The van der Waals surface area contributed by atoms with Gasteiger partial charge in [0.2, 0.25) is 0 Å². The molecule has 130 heavy (non-hydrogen) atoms. The van der Waals surface area contributed by atoms with E-state index in [9.17, 15) is 0 Å². The van der Waals surface area contributed by atoms with Crippen LogP contribution < -0.4 is 5.59 Å². The number of aromatic nitrogens is 8. The zero-order valence-electron chi connectivity index (χ0n) is 71.9. The molecule has 0 spiro atoms. The molecule has 1 saturated heterocycles. The largest absolute Gasteiger partial charge is 0.515 e. The highest BCUT2D eigenvalue weighted by molar-refractivity contribution is 9.10. The van der Waals surface area contributed by atoms with Gasteiger partial charge in [0.25, 0.3) is 0 Å². The Morgan fingerprint density at radius 2 is 0.438 bits per heavy atom. The van der Waals surface area contributed by atoms with Gasteiger partial charge in [0.05, 0.1) is 33.5 Å². The number of rotatable bonds is 14. The Morgan fingerprint density at radius 3 is 0.800 bits per heavy atom. The molecule has 18 aromatic carbocycles. The van der Waals surface area contributed by atoms with Gasteiger partial charge in [-0.1, -0.05) is 398 Å². The van der Waals surface area contributed by atoms with Crippen LogP contribution in [0.5, 0.6) is 0 Å². The van der Waals surface area contributed by atoms with Crippen LogP contribution >= 0.6 is 15.9 Å². The Hall–Kier alpha value is -15.7. The summed E-state index contributed by atoms with van der Waals surface area (Å²) < 4.78 is 13.7. The molecule has 22 aromatic rings. The summed E-state index contributed by atoms with van der Waals surface area (Å²) in [7, 11) is -0.483. The number of pyridine rings is 2. The van der Waals surface area contributed by atoms with Gasteiger partial charge in [0.15, 0.2) is 34.9 Å². The van der Waals surface area contributed by atoms with E-state index in [2.05, 4.69) is 395 Å². The smallest absolute Gasteiger partial charge is 0.398 e. The molecular weight excluding hydrogens is 1650 g/mol. The maximum Gasteiger partial charge on any atom is 0.515 e. The minimum absolute atomic E-state index is 0.395. The summed E-state index contributed by atoms with van der Waals surface area (Å²) in [6.07, 6.45) is 0. The first-order chi connectivity index (χ1) is 63.7. The molecule has 1 fully saturated rings. The first-order valence-corrected chi connectivity index (χ1v) is 44.6. The highest BCUT2D eigenvalue weighted by Crippen LogP contribution is 2.42. The van der Waals surface area contributed by atoms with Crippen molar-refractivity contribution in [2.24, 2.45) is 0 Å². The number of hydrogen-bond donors (Lipinski definition) is 0. The number of halogens is 1. The molecule has 1 aliphatic rings. The van der Waals surface area contributed by atoms with E-state index in [1.165, 1.54) is 60.0 Å². The standard InChI is InChI=1S/C56H36N4.C39H26BrN3.C23H22BNO2/c1-3-12-37(13-4-1)38-26-30-43(31-27-38)55-58-54(42-14-5-2-6-15-42)59-56(60-55)44-32-28-40(29-33-44)39-22-24-41(25-23-39)45-18-11-19-48(34-45)53-51-36-47-17-8-7-16-46(47)35-50(51)49-20-9-10-21-52(49)57-53;40-36-13-7-12-35(26-36)31-16-14-29(15-17-31)30-20-24-34(25-21-30)39-42-37(32-10-5-2-6-11-32)41-38(43-39)33-22-18-28(19-23-33)27-8-3-1-4-9-27;1-22(2)23(3,4)27-24(26-22)21-19-14-16-10-6-5-9-15(16)13-18(19)17-11-7-8-12-20(17)25-21/h1-36H;1-26H;5-14H,1-4H3. The summed E-state index contributed by atoms with van der Waals surface area (Å²) >= 11 is 3.57. The fourth-order valence-electron chi connectivity index (χ4n) is 17.1. The topological polar surface area (TPSA) is 122 Å². The molecule has 0 bridgehead atoms. The minimum atomic E-state index is -0.483. The van der Waals surface area contributed by atoms with Gasteiger partial charge in [0.1, 0.15) is 0 Å². The summed E-state index contributed by atoms with van der Waals surface area (Å²) in [5.41, 5.74) is 23.6. The van der Waals surface area contributed by atoms with Crippen molar-refractivity contribution >= 4 is 93.5 Å². The van der Waals surface area contributed by atoms with Crippen LogP contribution in [0.4, 0.5) is 0 Å². The average molecular weight is 1740 g/mol. The van der Waals surface area contributed by atoms with E-state index in [4.69, 9.17) is 49.2 Å². The third-order valence-corrected chi connectivity index (χ3v) is 25.3. The van der Waals surface area contributed by atoms with E-state index in [-0.39, 0.29) is 0 Å². The highest BCUT2D eigenvalue weighted by Gasteiger charge is 2.53. The summed E-state index contributed by atoms with van der Waals surface area (Å²) in [6, 6.07) is 152. The summed E-state index contributed by atoms with van der Waals surface area (Å²) in [6.45, 7) is 8.30. The molecule has 1 aliphatic heterocycles. The molecule has 0 atom stereocenters. The summed E-state index contributed by atoms with van der Waals surface area (Å²) in [5, 5.41) is 11.8. The monoisotopic (exact) mass is 1730 g/mol. The second-order valence-electron chi connectivity index (χ2n) is 33.7. The van der Waals surface area contributed by atoms with E-state index >= 15 is 0 Å². The first kappa shape index (κ1) is 81.4. The van der Waals surface area contributed by atoms with Gasteiger partial charge >= 0.3 is 7.12 Å². The molecule has 0 N–H and O–H groups in total. The Balaban J connectivity index is 0.000000127. The molecule has 10 nitrogen and oxygen atoms in total. The number of fused-ring (bicyclic) bond motifs is 8. The van der Waals surface area contributed by atoms with Crippen molar-refractivity contribution in [3.63, 3.8) is 0 Å². The fourth-order valence-corrected chi connectivity index (χ4v) is 17.5. The van der Waals surface area contributed by atoms with Crippen molar-refractivity contribution < 1.29 is 9.31 Å². The number of benzene rings is 18. The Bertz CT molecular complexity index is 7920. The molecule has 0 aliphatic carbocycles. The Kier molecular flexibility index (Phi) is 22.1. The van der Waals surface area contributed by atoms with Crippen molar-refractivity contribution in [2.75, 3.05) is 0 Å².